The molecule has 0 aliphatic carbocycles. The zero-order valence-electron chi connectivity index (χ0n) is 6.96. The number of rotatable bonds is 2. The first kappa shape index (κ1) is 8.51. The average molecular weight is 169 g/mol. The van der Waals surface area contributed by atoms with Crippen LogP contribution in [0.25, 0.3) is 0 Å². The van der Waals surface area contributed by atoms with Crippen molar-refractivity contribution in [3.05, 3.63) is 0 Å². The second kappa shape index (κ2) is 3.21. The third-order valence-corrected chi connectivity index (χ3v) is 1.26. The van der Waals surface area contributed by atoms with Crippen molar-refractivity contribution < 1.29 is 4.79 Å². The van der Waals surface area contributed by atoms with E-state index >= 15 is 0 Å². The van der Waals surface area contributed by atoms with Gasteiger partial charge >= 0.3 is 0 Å². The number of carbonyl (C=O) groups is 1. The largest absolute Gasteiger partial charge is 0.368 e. The fourth-order valence-corrected chi connectivity index (χ4v) is 0.585. The maximum atomic E-state index is 11.1. The van der Waals surface area contributed by atoms with Crippen molar-refractivity contribution >= 4 is 17.8 Å². The van der Waals surface area contributed by atoms with E-state index in [1.54, 1.807) is 13.8 Å². The summed E-state index contributed by atoms with van der Waals surface area (Å²) in [5, 5.41) is 8.55. The minimum absolute atomic E-state index is 0.0928. The summed E-state index contributed by atoms with van der Waals surface area (Å²) in [5.41, 5.74) is 5.25. The third-order valence-electron chi connectivity index (χ3n) is 1.26. The summed E-state index contributed by atoms with van der Waals surface area (Å²) < 4.78 is 0. The lowest BCUT2D eigenvalue weighted by molar-refractivity contribution is -0.118. The van der Waals surface area contributed by atoms with Crippen LogP contribution in [-0.2, 0) is 4.79 Å². The van der Waals surface area contributed by atoms with Crippen LogP contribution in [-0.4, -0.2) is 21.1 Å². The first-order chi connectivity index (χ1) is 5.59. The molecule has 6 heteroatoms. The standard InChI is InChI=1S/C6H11N5O/c1-3(2)4(12)8-6-9-5(7)10-11-6/h3H,1-2H3,(H4,7,8,9,10,11,12). The van der Waals surface area contributed by atoms with E-state index in [-0.39, 0.29) is 23.7 Å². The molecular weight excluding hydrogens is 158 g/mol. The molecular formula is C6H11N5O. The minimum atomic E-state index is -0.131. The Bertz CT molecular complexity index is 279. The fraction of sp³-hybridized carbons (Fsp3) is 0.500. The number of hydrogen-bond acceptors (Lipinski definition) is 4. The molecule has 0 aromatic carbocycles. The van der Waals surface area contributed by atoms with E-state index in [1.165, 1.54) is 0 Å². The van der Waals surface area contributed by atoms with Crippen molar-refractivity contribution in [1.82, 2.24) is 15.2 Å². The van der Waals surface area contributed by atoms with Crippen LogP contribution in [0.4, 0.5) is 11.9 Å². The minimum Gasteiger partial charge on any atom is -0.368 e. The second-order valence-electron chi connectivity index (χ2n) is 2.69. The lowest BCUT2D eigenvalue weighted by Crippen LogP contribution is -2.18. The maximum absolute atomic E-state index is 11.1. The van der Waals surface area contributed by atoms with Gasteiger partial charge in [-0.15, -0.1) is 5.10 Å². The van der Waals surface area contributed by atoms with E-state index in [4.69, 9.17) is 5.73 Å². The van der Waals surface area contributed by atoms with Crippen LogP contribution in [0.15, 0.2) is 0 Å². The second-order valence-corrected chi connectivity index (χ2v) is 2.69. The van der Waals surface area contributed by atoms with Gasteiger partial charge in [0.25, 0.3) is 0 Å². The Kier molecular flexibility index (Phi) is 2.27. The van der Waals surface area contributed by atoms with Crippen molar-refractivity contribution in [3.63, 3.8) is 0 Å². The highest BCUT2D eigenvalue weighted by Crippen LogP contribution is 2.01. The van der Waals surface area contributed by atoms with Crippen LogP contribution < -0.4 is 11.1 Å². The van der Waals surface area contributed by atoms with Gasteiger partial charge in [0, 0.05) is 5.92 Å². The molecule has 6 nitrogen and oxygen atoms in total. The van der Waals surface area contributed by atoms with E-state index in [0.29, 0.717) is 0 Å². The number of aromatic amines is 1. The first-order valence-electron chi connectivity index (χ1n) is 3.58. The quantitative estimate of drug-likeness (QED) is 0.579. The fourth-order valence-electron chi connectivity index (χ4n) is 0.585. The zero-order chi connectivity index (χ0) is 9.14. The average Bonchev–Trinajstić information content (AvgIpc) is 2.35. The van der Waals surface area contributed by atoms with Crippen LogP contribution in [0.2, 0.25) is 0 Å². The number of anilines is 2. The Morgan fingerprint density at radius 2 is 2.33 bits per heavy atom. The van der Waals surface area contributed by atoms with Crippen molar-refractivity contribution in [2.24, 2.45) is 5.92 Å². The van der Waals surface area contributed by atoms with Gasteiger partial charge in [0.2, 0.25) is 17.8 Å². The molecule has 0 saturated heterocycles. The predicted octanol–water partition coefficient (Wildman–Crippen LogP) is -0.0186. The number of nitrogens with one attached hydrogen (secondary N) is 2. The summed E-state index contributed by atoms with van der Waals surface area (Å²) in [7, 11) is 0. The molecule has 0 radical (unpaired) electrons. The highest BCUT2D eigenvalue weighted by Gasteiger charge is 2.09. The third kappa shape index (κ3) is 1.94. The number of amides is 1. The van der Waals surface area contributed by atoms with Crippen LogP contribution >= 0.6 is 0 Å². The number of nitrogens with zero attached hydrogens (tertiary/aromatic N) is 2. The molecule has 4 N–H and O–H groups in total. The van der Waals surface area contributed by atoms with Gasteiger partial charge in [0.1, 0.15) is 0 Å². The maximum Gasteiger partial charge on any atom is 0.250 e. The molecule has 1 heterocycles. The molecule has 66 valence electrons. The van der Waals surface area contributed by atoms with E-state index in [9.17, 15) is 4.79 Å². The lowest BCUT2D eigenvalue weighted by atomic mass is 10.2. The number of hydrogen-bond donors (Lipinski definition) is 3. The zero-order valence-corrected chi connectivity index (χ0v) is 6.96. The van der Waals surface area contributed by atoms with Crippen molar-refractivity contribution in [2.75, 3.05) is 11.1 Å². The summed E-state index contributed by atoms with van der Waals surface area (Å²) >= 11 is 0. The molecule has 0 spiro atoms. The predicted molar refractivity (Wildman–Crippen MR) is 44.3 cm³/mol. The van der Waals surface area contributed by atoms with E-state index < -0.39 is 0 Å². The number of nitrogens with two attached hydrogens (primary N) is 1. The van der Waals surface area contributed by atoms with Gasteiger partial charge in [0.05, 0.1) is 0 Å². The number of H-pyrrole nitrogens is 1. The summed E-state index contributed by atoms with van der Waals surface area (Å²) in [5.74, 6) is 0.180. The lowest BCUT2D eigenvalue weighted by Gasteiger charge is -2.01. The molecule has 0 atom stereocenters. The Morgan fingerprint density at radius 1 is 1.67 bits per heavy atom. The van der Waals surface area contributed by atoms with Gasteiger partial charge in [-0.3, -0.25) is 10.1 Å². The molecule has 0 saturated carbocycles. The summed E-state index contributed by atoms with van der Waals surface area (Å²) in [6.07, 6.45) is 0. The molecule has 12 heavy (non-hydrogen) atoms. The van der Waals surface area contributed by atoms with Gasteiger partial charge in [-0.2, -0.15) is 4.98 Å². The molecule has 0 aliphatic rings. The van der Waals surface area contributed by atoms with Crippen molar-refractivity contribution in [3.8, 4) is 0 Å². The molecule has 0 unspecified atom stereocenters. The molecule has 1 rings (SSSR count). The van der Waals surface area contributed by atoms with Crippen molar-refractivity contribution in [1.29, 1.82) is 0 Å². The molecule has 1 aromatic heterocycles. The van der Waals surface area contributed by atoms with Crippen molar-refractivity contribution in [2.45, 2.75) is 13.8 Å². The van der Waals surface area contributed by atoms with E-state index in [1.807, 2.05) is 0 Å². The van der Waals surface area contributed by atoms with Gasteiger partial charge in [0.15, 0.2) is 0 Å². The van der Waals surface area contributed by atoms with Gasteiger partial charge in [-0.05, 0) is 0 Å². The Morgan fingerprint density at radius 3 is 2.75 bits per heavy atom. The highest BCUT2D eigenvalue weighted by molar-refractivity contribution is 5.90. The van der Waals surface area contributed by atoms with Crippen LogP contribution in [0.3, 0.4) is 0 Å². The Hall–Kier alpha value is -1.59. The summed E-state index contributed by atoms with van der Waals surface area (Å²) in [6, 6.07) is 0. The van der Waals surface area contributed by atoms with E-state index in [0.717, 1.165) is 0 Å². The molecule has 1 aromatic rings. The number of aromatic nitrogens is 3. The Labute approximate surface area is 69.6 Å². The van der Waals surface area contributed by atoms with Crippen LogP contribution in [0.5, 0.6) is 0 Å². The van der Waals surface area contributed by atoms with Gasteiger partial charge < -0.3 is 5.73 Å². The monoisotopic (exact) mass is 169 g/mol. The number of nitrogen functional groups attached to an aromatic ring is 1. The van der Waals surface area contributed by atoms with E-state index in [2.05, 4.69) is 20.5 Å². The van der Waals surface area contributed by atoms with Gasteiger partial charge in [-0.25, -0.2) is 5.10 Å². The molecule has 0 aliphatic heterocycles. The normalized spacial score (nSPS) is 10.2. The molecule has 0 fully saturated rings. The van der Waals surface area contributed by atoms with Crippen LogP contribution in [0.1, 0.15) is 13.8 Å². The summed E-state index contributed by atoms with van der Waals surface area (Å²) in [6.45, 7) is 3.57. The Balaban J connectivity index is 2.58. The molecule has 1 amide bonds. The van der Waals surface area contributed by atoms with Gasteiger partial charge in [-0.1, -0.05) is 13.8 Å². The highest BCUT2D eigenvalue weighted by atomic mass is 16.2. The number of carbonyl (C=O) groups excluding carboxylic acids is 1. The molecule has 0 bridgehead atoms. The topological polar surface area (TPSA) is 96.7 Å². The first-order valence-corrected chi connectivity index (χ1v) is 3.58. The van der Waals surface area contributed by atoms with Crippen LogP contribution in [0, 0.1) is 5.92 Å². The summed E-state index contributed by atoms with van der Waals surface area (Å²) in [4.78, 5) is 14.8. The SMILES string of the molecule is CC(C)C(=O)Nc1n[nH]c(N)n1. The smallest absolute Gasteiger partial charge is 0.250 e.